The highest BCUT2D eigenvalue weighted by atomic mass is 35.5. The van der Waals surface area contributed by atoms with Crippen LogP contribution in [0.1, 0.15) is 0 Å². The molecule has 0 aliphatic carbocycles. The van der Waals surface area contributed by atoms with Gasteiger partial charge in [0.1, 0.15) is 16.4 Å². The third-order valence-electron chi connectivity index (χ3n) is 3.61. The smallest absolute Gasteiger partial charge is 0.268 e. The van der Waals surface area contributed by atoms with Crippen molar-refractivity contribution in [1.29, 1.82) is 0 Å². The molecule has 0 fully saturated rings. The monoisotopic (exact) mass is 394 g/mol. The van der Waals surface area contributed by atoms with Gasteiger partial charge in [-0.3, -0.25) is 0 Å². The summed E-state index contributed by atoms with van der Waals surface area (Å²) in [4.78, 5) is -0.107. The highest BCUT2D eigenvalue weighted by Gasteiger charge is 2.24. The van der Waals surface area contributed by atoms with E-state index in [1.165, 1.54) is 31.5 Å². The van der Waals surface area contributed by atoms with E-state index in [1.54, 1.807) is 31.4 Å². The lowest BCUT2D eigenvalue weighted by atomic mass is 10.1. The quantitative estimate of drug-likeness (QED) is 0.683. The number of methoxy groups -OCH3 is 2. The summed E-state index contributed by atoms with van der Waals surface area (Å²) in [7, 11) is -1.07. The molecule has 3 rings (SSSR count). The molecule has 0 saturated carbocycles. The van der Waals surface area contributed by atoms with E-state index in [0.29, 0.717) is 16.9 Å². The molecular weight excluding hydrogens is 380 g/mol. The number of nitrogens with zero attached hydrogens (tertiary/aromatic N) is 1. The number of hydrogen-bond donors (Lipinski definition) is 1. The first-order chi connectivity index (χ1) is 12.4. The fourth-order valence-electron chi connectivity index (χ4n) is 2.33. The molecule has 0 aliphatic heterocycles. The van der Waals surface area contributed by atoms with Crippen LogP contribution in [0.5, 0.6) is 11.5 Å². The Morgan fingerprint density at radius 1 is 1.08 bits per heavy atom. The summed E-state index contributed by atoms with van der Waals surface area (Å²) in [6, 6.07) is 11.3. The Morgan fingerprint density at radius 2 is 1.81 bits per heavy atom. The number of rotatable bonds is 6. The first kappa shape index (κ1) is 18.1. The lowest BCUT2D eigenvalue weighted by molar-refractivity contribution is 0.402. The molecule has 0 spiro atoms. The van der Waals surface area contributed by atoms with Crippen molar-refractivity contribution in [3.8, 4) is 22.6 Å². The molecule has 0 aliphatic rings. The number of hydrogen-bond acceptors (Lipinski definition) is 6. The molecule has 2 aromatic carbocycles. The van der Waals surface area contributed by atoms with E-state index in [9.17, 15) is 8.42 Å². The highest BCUT2D eigenvalue weighted by Crippen LogP contribution is 2.33. The summed E-state index contributed by atoms with van der Waals surface area (Å²) in [6.45, 7) is 0. The maximum atomic E-state index is 12.8. The minimum atomic E-state index is -4.01. The molecule has 1 heterocycles. The first-order valence-corrected chi connectivity index (χ1v) is 9.26. The second kappa shape index (κ2) is 7.27. The number of ether oxygens (including phenoxy) is 2. The third kappa shape index (κ3) is 3.61. The summed E-state index contributed by atoms with van der Waals surface area (Å²) in [5.41, 5.74) is 1.19. The van der Waals surface area contributed by atoms with Gasteiger partial charge in [-0.1, -0.05) is 28.9 Å². The largest absolute Gasteiger partial charge is 0.497 e. The summed E-state index contributed by atoms with van der Waals surface area (Å²) in [5.74, 6) is 0.820. The van der Waals surface area contributed by atoms with E-state index in [2.05, 4.69) is 9.88 Å². The van der Waals surface area contributed by atoms with Gasteiger partial charge in [0.2, 0.25) is 5.88 Å². The highest BCUT2D eigenvalue weighted by molar-refractivity contribution is 7.92. The molecule has 0 amide bonds. The van der Waals surface area contributed by atoms with Crippen LogP contribution >= 0.6 is 11.6 Å². The molecule has 3 aromatic rings. The van der Waals surface area contributed by atoms with Gasteiger partial charge in [0.25, 0.3) is 10.0 Å². The Labute approximate surface area is 155 Å². The maximum Gasteiger partial charge on any atom is 0.268 e. The minimum absolute atomic E-state index is 0.0165. The van der Waals surface area contributed by atoms with Crippen LogP contribution in [-0.2, 0) is 10.0 Å². The average molecular weight is 395 g/mol. The molecule has 0 radical (unpaired) electrons. The van der Waals surface area contributed by atoms with Crippen molar-refractivity contribution in [3.63, 3.8) is 0 Å². The van der Waals surface area contributed by atoms with Gasteiger partial charge in [0.15, 0.2) is 0 Å². The zero-order chi connectivity index (χ0) is 18.7. The van der Waals surface area contributed by atoms with E-state index < -0.39 is 10.0 Å². The van der Waals surface area contributed by atoms with E-state index in [0.717, 1.165) is 0 Å². The van der Waals surface area contributed by atoms with E-state index in [4.69, 9.17) is 25.6 Å². The fraction of sp³-hybridized carbons (Fsp3) is 0.118. The van der Waals surface area contributed by atoms with Crippen molar-refractivity contribution < 1.29 is 22.4 Å². The molecule has 0 atom stereocenters. The van der Waals surface area contributed by atoms with Gasteiger partial charge in [-0.05, 0) is 35.9 Å². The molecule has 7 nitrogen and oxygen atoms in total. The summed E-state index contributed by atoms with van der Waals surface area (Å²) in [6.07, 6.45) is 1.43. The number of nitrogens with one attached hydrogen (secondary N) is 1. The van der Waals surface area contributed by atoms with Crippen molar-refractivity contribution in [2.75, 3.05) is 18.9 Å². The van der Waals surface area contributed by atoms with Gasteiger partial charge in [-0.2, -0.15) is 0 Å². The molecule has 9 heteroatoms. The van der Waals surface area contributed by atoms with Crippen LogP contribution in [0.4, 0.5) is 5.88 Å². The number of benzene rings is 2. The van der Waals surface area contributed by atoms with Gasteiger partial charge < -0.3 is 14.0 Å². The van der Waals surface area contributed by atoms with Gasteiger partial charge in [0, 0.05) is 5.02 Å². The van der Waals surface area contributed by atoms with Crippen molar-refractivity contribution in [3.05, 3.63) is 53.7 Å². The lowest BCUT2D eigenvalue weighted by Gasteiger charge is -2.11. The van der Waals surface area contributed by atoms with Gasteiger partial charge in [-0.25, -0.2) is 13.1 Å². The van der Waals surface area contributed by atoms with Crippen LogP contribution in [0.15, 0.2) is 58.1 Å². The van der Waals surface area contributed by atoms with Crippen molar-refractivity contribution in [2.45, 2.75) is 4.90 Å². The normalized spacial score (nSPS) is 11.2. The standard InChI is InChI=1S/C17H15ClN2O5S/c1-23-13-6-3-11(4-7-13)14-10-19-25-17(14)20-26(21,22)16-9-12(18)5-8-15(16)24-2/h3-10,20H,1-2H3. The fourth-order valence-corrected chi connectivity index (χ4v) is 3.76. The van der Waals surface area contributed by atoms with Crippen molar-refractivity contribution in [2.24, 2.45) is 0 Å². The Kier molecular flexibility index (Phi) is 5.06. The Morgan fingerprint density at radius 3 is 2.46 bits per heavy atom. The first-order valence-electron chi connectivity index (χ1n) is 7.40. The second-order valence-electron chi connectivity index (χ2n) is 5.20. The minimum Gasteiger partial charge on any atom is -0.497 e. The molecule has 26 heavy (non-hydrogen) atoms. The van der Waals surface area contributed by atoms with Crippen LogP contribution in [0.2, 0.25) is 5.02 Å². The molecule has 1 N–H and O–H groups in total. The zero-order valence-electron chi connectivity index (χ0n) is 13.9. The van der Waals surface area contributed by atoms with Crippen molar-refractivity contribution >= 4 is 27.5 Å². The predicted molar refractivity (Wildman–Crippen MR) is 97.3 cm³/mol. The third-order valence-corrected chi connectivity index (χ3v) is 5.20. The Bertz CT molecular complexity index is 1020. The number of halogens is 1. The van der Waals surface area contributed by atoms with Crippen LogP contribution < -0.4 is 14.2 Å². The molecule has 0 bridgehead atoms. The second-order valence-corrected chi connectivity index (χ2v) is 7.29. The van der Waals surface area contributed by atoms with Crippen LogP contribution in [-0.4, -0.2) is 27.8 Å². The van der Waals surface area contributed by atoms with E-state index >= 15 is 0 Å². The molecule has 1 aromatic heterocycles. The number of sulfonamides is 1. The van der Waals surface area contributed by atoms with Gasteiger partial charge >= 0.3 is 0 Å². The Balaban J connectivity index is 1.97. The van der Waals surface area contributed by atoms with Gasteiger partial charge in [0.05, 0.1) is 26.0 Å². The van der Waals surface area contributed by atoms with E-state index in [-0.39, 0.29) is 21.6 Å². The zero-order valence-corrected chi connectivity index (χ0v) is 15.5. The molecule has 0 saturated heterocycles. The van der Waals surface area contributed by atoms with Gasteiger partial charge in [-0.15, -0.1) is 0 Å². The van der Waals surface area contributed by atoms with Crippen LogP contribution in [0.25, 0.3) is 11.1 Å². The summed E-state index contributed by atoms with van der Waals surface area (Å²) in [5, 5.41) is 3.95. The predicted octanol–water partition coefficient (Wildman–Crippen LogP) is 3.81. The Hall–Kier alpha value is -2.71. The van der Waals surface area contributed by atoms with E-state index in [1.807, 2.05) is 0 Å². The molecule has 0 unspecified atom stereocenters. The average Bonchev–Trinajstić information content (AvgIpc) is 3.09. The summed E-state index contributed by atoms with van der Waals surface area (Å²) >= 11 is 5.92. The number of anilines is 1. The summed E-state index contributed by atoms with van der Waals surface area (Å²) < 4.78 is 43.2. The molecule has 136 valence electrons. The number of aromatic nitrogens is 1. The van der Waals surface area contributed by atoms with Crippen LogP contribution in [0.3, 0.4) is 0 Å². The maximum absolute atomic E-state index is 12.8. The molecular formula is C17H15ClN2O5S. The topological polar surface area (TPSA) is 90.7 Å². The lowest BCUT2D eigenvalue weighted by Crippen LogP contribution is -2.14. The van der Waals surface area contributed by atoms with Crippen molar-refractivity contribution in [1.82, 2.24) is 5.16 Å². The van der Waals surface area contributed by atoms with Crippen LogP contribution in [0, 0.1) is 0 Å². The SMILES string of the molecule is COc1ccc(-c2cnoc2NS(=O)(=O)c2cc(Cl)ccc2OC)cc1.